The van der Waals surface area contributed by atoms with Crippen LogP contribution in [0.2, 0.25) is 0 Å². The van der Waals surface area contributed by atoms with E-state index in [1.807, 2.05) is 18.2 Å². The number of carboxylic acids is 1. The number of rotatable bonds is 30. The van der Waals surface area contributed by atoms with E-state index < -0.39 is 5.97 Å². The predicted octanol–water partition coefficient (Wildman–Crippen LogP) is 11.8. The molecule has 0 fully saturated rings. The lowest BCUT2D eigenvalue weighted by molar-refractivity contribution is -0.145. The largest absolute Gasteiger partial charge is 0.481 e. The van der Waals surface area contributed by atoms with E-state index in [0.29, 0.717) is 12.8 Å². The minimum absolute atomic E-state index is 0.128. The van der Waals surface area contributed by atoms with E-state index in [1.165, 1.54) is 77.0 Å². The molecule has 1 atom stereocenters. The first-order valence-electron chi connectivity index (χ1n) is 17.3. The average Bonchev–Trinajstić information content (AvgIpc) is 2.97. The van der Waals surface area contributed by atoms with Crippen LogP contribution in [0.3, 0.4) is 0 Å². The Hall–Kier alpha value is -2.36. The van der Waals surface area contributed by atoms with Crippen LogP contribution in [0.5, 0.6) is 0 Å². The van der Waals surface area contributed by atoms with Gasteiger partial charge in [0.2, 0.25) is 0 Å². The summed E-state index contributed by atoms with van der Waals surface area (Å²) in [5, 5.41) is 8.73. The van der Waals surface area contributed by atoms with Crippen molar-refractivity contribution in [3.63, 3.8) is 0 Å². The summed E-state index contributed by atoms with van der Waals surface area (Å²) >= 11 is 0. The molecule has 0 aromatic rings. The van der Waals surface area contributed by atoms with Crippen LogP contribution in [0.4, 0.5) is 0 Å². The van der Waals surface area contributed by atoms with Gasteiger partial charge in [0.25, 0.3) is 0 Å². The highest BCUT2D eigenvalue weighted by Gasteiger charge is 2.08. The van der Waals surface area contributed by atoms with Gasteiger partial charge in [0, 0.05) is 12.8 Å². The van der Waals surface area contributed by atoms with E-state index in [4.69, 9.17) is 9.84 Å². The molecule has 0 aliphatic rings. The third kappa shape index (κ3) is 32.2. The van der Waals surface area contributed by atoms with Gasteiger partial charge in [-0.2, -0.15) is 0 Å². The molecule has 1 unspecified atom stereocenters. The number of carbonyl (C=O) groups excluding carboxylic acids is 1. The van der Waals surface area contributed by atoms with E-state index in [2.05, 4.69) is 56.4 Å². The summed E-state index contributed by atoms with van der Waals surface area (Å²) in [4.78, 5) is 23.1. The molecule has 4 heteroatoms. The van der Waals surface area contributed by atoms with Crippen molar-refractivity contribution in [1.29, 1.82) is 0 Å². The fourth-order valence-corrected chi connectivity index (χ4v) is 4.64. The zero-order valence-corrected chi connectivity index (χ0v) is 27.3. The maximum absolute atomic E-state index is 12.4. The van der Waals surface area contributed by atoms with Crippen molar-refractivity contribution in [3.05, 3.63) is 60.8 Å². The van der Waals surface area contributed by atoms with Crippen LogP contribution in [-0.2, 0) is 14.3 Å². The maximum atomic E-state index is 12.4. The number of esters is 1. The Morgan fingerprint density at radius 2 is 1.02 bits per heavy atom. The molecule has 0 bridgehead atoms. The molecule has 0 aliphatic heterocycles. The highest BCUT2D eigenvalue weighted by Crippen LogP contribution is 2.13. The van der Waals surface area contributed by atoms with Crippen LogP contribution in [0.25, 0.3) is 0 Å². The first-order valence-corrected chi connectivity index (χ1v) is 17.3. The van der Waals surface area contributed by atoms with E-state index in [9.17, 15) is 9.59 Å². The molecule has 4 nitrogen and oxygen atoms in total. The molecule has 0 aromatic carbocycles. The number of unbranched alkanes of at least 4 members (excludes halogenated alkanes) is 15. The molecular formula is C38H64O4. The smallest absolute Gasteiger partial charge is 0.306 e. The van der Waals surface area contributed by atoms with Crippen LogP contribution in [0, 0.1) is 0 Å². The number of carboxylic acid groups (broad SMARTS) is 1. The lowest BCUT2D eigenvalue weighted by atomic mass is 10.1. The van der Waals surface area contributed by atoms with E-state index in [0.717, 1.165) is 51.4 Å². The lowest BCUT2D eigenvalue weighted by Crippen LogP contribution is -2.13. The second-order valence-corrected chi connectivity index (χ2v) is 11.3. The summed E-state index contributed by atoms with van der Waals surface area (Å²) in [6, 6.07) is 0. The Bertz CT molecular complexity index is 759. The Balaban J connectivity index is 3.91. The fraction of sp³-hybridized carbons (Fsp3) is 0.684. The van der Waals surface area contributed by atoms with Gasteiger partial charge in [-0.05, 0) is 82.8 Å². The second-order valence-electron chi connectivity index (χ2n) is 11.3. The molecule has 1 N–H and O–H groups in total. The van der Waals surface area contributed by atoms with E-state index in [1.54, 1.807) is 0 Å². The maximum Gasteiger partial charge on any atom is 0.306 e. The van der Waals surface area contributed by atoms with Crippen LogP contribution in [0.15, 0.2) is 60.8 Å². The number of ether oxygens (including phenoxy) is 1. The third-order valence-electron chi connectivity index (χ3n) is 7.19. The number of carbonyl (C=O) groups is 2. The minimum Gasteiger partial charge on any atom is -0.481 e. The van der Waals surface area contributed by atoms with Gasteiger partial charge in [0.05, 0.1) is 0 Å². The van der Waals surface area contributed by atoms with Gasteiger partial charge in [-0.1, -0.05) is 127 Å². The first-order chi connectivity index (χ1) is 20.6. The van der Waals surface area contributed by atoms with Gasteiger partial charge in [0.1, 0.15) is 6.10 Å². The average molecular weight is 585 g/mol. The number of hydrogen-bond acceptors (Lipinski definition) is 3. The van der Waals surface area contributed by atoms with Gasteiger partial charge in [-0.25, -0.2) is 0 Å². The summed E-state index contributed by atoms with van der Waals surface area (Å²) in [6.45, 7) is 4.36. The quantitative estimate of drug-likeness (QED) is 0.0518. The summed E-state index contributed by atoms with van der Waals surface area (Å²) in [5.74, 6) is -0.863. The summed E-state index contributed by atoms with van der Waals surface area (Å²) < 4.78 is 5.73. The molecule has 0 amide bonds. The molecule has 0 rings (SSSR count). The van der Waals surface area contributed by atoms with Gasteiger partial charge >= 0.3 is 11.9 Å². The van der Waals surface area contributed by atoms with Crippen LogP contribution < -0.4 is 0 Å². The van der Waals surface area contributed by atoms with Gasteiger partial charge in [0.15, 0.2) is 0 Å². The summed E-state index contributed by atoms with van der Waals surface area (Å²) in [6.07, 6.45) is 45.6. The van der Waals surface area contributed by atoms with Gasteiger partial charge in [-0.3, -0.25) is 9.59 Å². The zero-order valence-electron chi connectivity index (χ0n) is 27.3. The molecule has 42 heavy (non-hydrogen) atoms. The lowest BCUT2D eigenvalue weighted by Gasteiger charge is -2.11. The van der Waals surface area contributed by atoms with Crippen molar-refractivity contribution in [1.82, 2.24) is 0 Å². The highest BCUT2D eigenvalue weighted by atomic mass is 16.5. The SMILES string of the molecule is CC/C=C\C/C=C\C(/C=C\CCCCCC(=O)O)OC(=O)CCCCCCCCCCC/C=C\C/C=C\CCCCC. The number of allylic oxidation sites excluding steroid dienone is 8. The van der Waals surface area contributed by atoms with Gasteiger partial charge in [-0.15, -0.1) is 0 Å². The molecule has 0 saturated carbocycles. The molecule has 0 aromatic heterocycles. The van der Waals surface area contributed by atoms with Crippen molar-refractivity contribution in [2.24, 2.45) is 0 Å². The molecule has 0 spiro atoms. The van der Waals surface area contributed by atoms with E-state index >= 15 is 0 Å². The minimum atomic E-state index is -0.735. The normalized spacial score (nSPS) is 13.0. The third-order valence-corrected chi connectivity index (χ3v) is 7.19. The molecular weight excluding hydrogens is 520 g/mol. The Kier molecular flexibility index (Phi) is 31.3. The van der Waals surface area contributed by atoms with Gasteiger partial charge < -0.3 is 9.84 Å². The molecule has 0 radical (unpaired) electrons. The monoisotopic (exact) mass is 584 g/mol. The van der Waals surface area contributed by atoms with Crippen LogP contribution >= 0.6 is 0 Å². The fourth-order valence-electron chi connectivity index (χ4n) is 4.64. The summed E-state index contributed by atoms with van der Waals surface area (Å²) in [7, 11) is 0. The zero-order chi connectivity index (χ0) is 30.8. The standard InChI is InChI=1S/C38H64O4/c1-3-5-7-9-10-11-12-13-14-15-16-17-18-19-20-21-22-27-31-35-38(41)42-36(32-28-24-8-6-4-2)33-29-25-23-26-30-34-37(39)40/h6,8,10-11,13-14,28-29,32-33,36H,3-5,7,9,12,15-27,30-31,34-35H2,1-2H3,(H,39,40)/b8-6-,11-10-,14-13-,32-28-,33-29-. The molecule has 240 valence electrons. The van der Waals surface area contributed by atoms with Crippen molar-refractivity contribution in [2.75, 3.05) is 0 Å². The van der Waals surface area contributed by atoms with Crippen molar-refractivity contribution >= 4 is 11.9 Å². The Labute approximate surface area is 259 Å². The predicted molar refractivity (Wildman–Crippen MR) is 181 cm³/mol. The van der Waals surface area contributed by atoms with Crippen molar-refractivity contribution < 1.29 is 19.4 Å². The van der Waals surface area contributed by atoms with E-state index in [-0.39, 0.29) is 18.5 Å². The molecule has 0 saturated heterocycles. The number of hydrogen-bond donors (Lipinski definition) is 1. The summed E-state index contributed by atoms with van der Waals surface area (Å²) in [5.41, 5.74) is 0. The second kappa shape index (κ2) is 33.1. The molecule has 0 aliphatic carbocycles. The first kappa shape index (κ1) is 39.6. The topological polar surface area (TPSA) is 63.6 Å². The Morgan fingerprint density at radius 1 is 0.548 bits per heavy atom. The molecule has 0 heterocycles. The number of aliphatic carboxylic acids is 1. The highest BCUT2D eigenvalue weighted by molar-refractivity contribution is 5.69. The Morgan fingerprint density at radius 3 is 1.64 bits per heavy atom. The van der Waals surface area contributed by atoms with Crippen molar-refractivity contribution in [3.8, 4) is 0 Å². The van der Waals surface area contributed by atoms with Crippen molar-refractivity contribution in [2.45, 2.75) is 168 Å². The van der Waals surface area contributed by atoms with Crippen LogP contribution in [0.1, 0.15) is 162 Å². The van der Waals surface area contributed by atoms with Crippen LogP contribution in [-0.4, -0.2) is 23.1 Å².